The van der Waals surface area contributed by atoms with Crippen molar-refractivity contribution >= 4 is 39.6 Å². The topological polar surface area (TPSA) is 71.1 Å². The Morgan fingerprint density at radius 1 is 0.938 bits per heavy atom. The molecule has 2 heterocycles. The number of hydrogen-bond donors (Lipinski definition) is 2. The van der Waals surface area contributed by atoms with Crippen LogP contribution in [0.1, 0.15) is 38.2 Å². The van der Waals surface area contributed by atoms with Gasteiger partial charge in [0.15, 0.2) is 5.13 Å². The van der Waals surface area contributed by atoms with Crippen molar-refractivity contribution in [3.63, 3.8) is 0 Å². The Morgan fingerprint density at radius 2 is 1.69 bits per heavy atom. The highest BCUT2D eigenvalue weighted by molar-refractivity contribution is 7.18. The summed E-state index contributed by atoms with van der Waals surface area (Å²) in [7, 11) is 0. The first-order valence-electron chi connectivity index (χ1n) is 10.2. The Hall–Kier alpha value is -3.29. The van der Waals surface area contributed by atoms with E-state index in [1.807, 2.05) is 61.5 Å². The predicted octanol–water partition coefficient (Wildman–Crippen LogP) is 5.66. The van der Waals surface area contributed by atoms with Crippen LogP contribution >= 0.6 is 22.7 Å². The lowest BCUT2D eigenvalue weighted by molar-refractivity contribution is -0.119. The number of benzene rings is 2. The lowest BCUT2D eigenvalue weighted by atomic mass is 9.99. The number of carbonyl (C=O) groups excluding carboxylic acids is 2. The molecule has 0 aliphatic heterocycles. The minimum Gasteiger partial charge on any atom is -0.351 e. The normalized spacial score (nSPS) is 10.7. The van der Waals surface area contributed by atoms with Crippen molar-refractivity contribution in [3.05, 3.63) is 93.2 Å². The highest BCUT2D eigenvalue weighted by atomic mass is 32.1. The molecule has 4 rings (SSSR count). The van der Waals surface area contributed by atoms with Gasteiger partial charge < -0.3 is 5.32 Å². The van der Waals surface area contributed by atoms with Gasteiger partial charge in [0.05, 0.1) is 17.1 Å². The molecule has 0 saturated heterocycles. The first-order chi connectivity index (χ1) is 15.5. The molecular weight excluding hydrogens is 438 g/mol. The number of thiophene rings is 1. The zero-order valence-electron chi connectivity index (χ0n) is 17.8. The summed E-state index contributed by atoms with van der Waals surface area (Å²) in [5.41, 5.74) is 3.65. The standard InChI is InChI=1S/C25H23N3O2S2/c1-16-23(22-13-12-20(32-22)15-26-17(2)29)27-25(31-16)28-24(30)21-11-7-6-10-19(21)14-18-8-4-3-5-9-18/h3-13H,14-15H2,1-2H3,(H,26,29)(H,27,28,30). The van der Waals surface area contributed by atoms with E-state index >= 15 is 0 Å². The van der Waals surface area contributed by atoms with Crippen molar-refractivity contribution in [1.82, 2.24) is 10.3 Å². The van der Waals surface area contributed by atoms with Gasteiger partial charge in [-0.05, 0) is 42.7 Å². The maximum Gasteiger partial charge on any atom is 0.257 e. The quantitative estimate of drug-likeness (QED) is 0.373. The molecule has 0 unspecified atom stereocenters. The number of rotatable bonds is 7. The molecule has 0 radical (unpaired) electrons. The highest BCUT2D eigenvalue weighted by Crippen LogP contribution is 2.35. The number of thiazole rings is 1. The van der Waals surface area contributed by atoms with Crippen molar-refractivity contribution in [1.29, 1.82) is 0 Å². The Balaban J connectivity index is 1.50. The predicted molar refractivity (Wildman–Crippen MR) is 131 cm³/mol. The molecule has 7 heteroatoms. The van der Waals surface area contributed by atoms with Gasteiger partial charge in [-0.2, -0.15) is 0 Å². The summed E-state index contributed by atoms with van der Waals surface area (Å²) in [5.74, 6) is -0.211. The van der Waals surface area contributed by atoms with Gasteiger partial charge in [-0.15, -0.1) is 22.7 Å². The average Bonchev–Trinajstić information content (AvgIpc) is 3.39. The van der Waals surface area contributed by atoms with Crippen LogP contribution in [0.25, 0.3) is 10.6 Å². The second-order valence-corrected chi connectivity index (χ2v) is 9.74. The SMILES string of the molecule is CC(=O)NCc1ccc(-c2nc(NC(=O)c3ccccc3Cc3ccccc3)sc2C)s1. The molecule has 0 atom stereocenters. The minimum atomic E-state index is -0.158. The summed E-state index contributed by atoms with van der Waals surface area (Å²) >= 11 is 3.05. The number of carbonyl (C=O) groups is 2. The van der Waals surface area contributed by atoms with E-state index < -0.39 is 0 Å². The molecule has 4 aromatic rings. The monoisotopic (exact) mass is 461 g/mol. The van der Waals surface area contributed by atoms with Crippen LogP contribution in [0.15, 0.2) is 66.7 Å². The second-order valence-electron chi connectivity index (χ2n) is 7.37. The summed E-state index contributed by atoms with van der Waals surface area (Å²) in [4.78, 5) is 32.0. The number of nitrogens with one attached hydrogen (secondary N) is 2. The van der Waals surface area contributed by atoms with Crippen LogP contribution in [0.5, 0.6) is 0 Å². The van der Waals surface area contributed by atoms with Crippen LogP contribution in [0.4, 0.5) is 5.13 Å². The van der Waals surface area contributed by atoms with Crippen molar-refractivity contribution < 1.29 is 9.59 Å². The van der Waals surface area contributed by atoms with Crippen LogP contribution < -0.4 is 10.6 Å². The number of nitrogens with zero attached hydrogens (tertiary/aromatic N) is 1. The van der Waals surface area contributed by atoms with E-state index in [-0.39, 0.29) is 11.8 Å². The summed E-state index contributed by atoms with van der Waals surface area (Å²) in [5, 5.41) is 6.37. The zero-order chi connectivity index (χ0) is 22.5. The Labute approximate surface area is 195 Å². The van der Waals surface area contributed by atoms with E-state index in [1.54, 1.807) is 11.3 Å². The molecule has 162 valence electrons. The van der Waals surface area contributed by atoms with E-state index in [1.165, 1.54) is 18.3 Å². The highest BCUT2D eigenvalue weighted by Gasteiger charge is 2.17. The molecule has 0 bridgehead atoms. The molecule has 0 aliphatic carbocycles. The van der Waals surface area contributed by atoms with Crippen LogP contribution in [-0.2, 0) is 17.8 Å². The van der Waals surface area contributed by atoms with Gasteiger partial charge >= 0.3 is 0 Å². The average molecular weight is 462 g/mol. The van der Waals surface area contributed by atoms with E-state index in [9.17, 15) is 9.59 Å². The van der Waals surface area contributed by atoms with E-state index in [0.717, 1.165) is 31.5 Å². The van der Waals surface area contributed by atoms with Crippen LogP contribution in [-0.4, -0.2) is 16.8 Å². The molecule has 2 aromatic heterocycles. The third-order valence-corrected chi connectivity index (χ3v) is 6.90. The Morgan fingerprint density at radius 3 is 2.47 bits per heavy atom. The molecule has 0 saturated carbocycles. The van der Waals surface area contributed by atoms with Gasteiger partial charge in [0.25, 0.3) is 5.91 Å². The van der Waals surface area contributed by atoms with Gasteiger partial charge in [0.1, 0.15) is 0 Å². The molecule has 0 spiro atoms. The van der Waals surface area contributed by atoms with Crippen molar-refractivity contribution in [3.8, 4) is 10.6 Å². The third-order valence-electron chi connectivity index (χ3n) is 4.92. The molecule has 2 amide bonds. The third kappa shape index (κ3) is 5.30. The lowest BCUT2D eigenvalue weighted by Gasteiger charge is -2.09. The van der Waals surface area contributed by atoms with Crippen LogP contribution in [0.3, 0.4) is 0 Å². The Bertz CT molecular complexity index is 1250. The zero-order valence-corrected chi connectivity index (χ0v) is 19.5. The van der Waals surface area contributed by atoms with Crippen LogP contribution in [0, 0.1) is 6.92 Å². The number of aromatic nitrogens is 1. The fourth-order valence-electron chi connectivity index (χ4n) is 3.37. The maximum absolute atomic E-state index is 13.1. The molecule has 2 N–H and O–H groups in total. The second kappa shape index (κ2) is 9.89. The van der Waals surface area contributed by atoms with Gasteiger partial charge in [-0.25, -0.2) is 4.98 Å². The van der Waals surface area contributed by atoms with Gasteiger partial charge in [-0.1, -0.05) is 48.5 Å². The van der Waals surface area contributed by atoms with Crippen LogP contribution in [0.2, 0.25) is 0 Å². The smallest absolute Gasteiger partial charge is 0.257 e. The fraction of sp³-hybridized carbons (Fsp3) is 0.160. The summed E-state index contributed by atoms with van der Waals surface area (Å²) in [6, 6.07) is 21.8. The largest absolute Gasteiger partial charge is 0.351 e. The summed E-state index contributed by atoms with van der Waals surface area (Å²) in [6.45, 7) is 4.01. The molecule has 2 aromatic carbocycles. The molecule has 5 nitrogen and oxygen atoms in total. The van der Waals surface area contributed by atoms with Gasteiger partial charge in [0.2, 0.25) is 5.91 Å². The number of amides is 2. The molecule has 0 aliphatic rings. The number of hydrogen-bond acceptors (Lipinski definition) is 5. The number of anilines is 1. The summed E-state index contributed by atoms with van der Waals surface area (Å²) in [6.07, 6.45) is 0.693. The van der Waals surface area contributed by atoms with Crippen molar-refractivity contribution in [2.24, 2.45) is 0 Å². The van der Waals surface area contributed by atoms with E-state index in [4.69, 9.17) is 0 Å². The summed E-state index contributed by atoms with van der Waals surface area (Å²) < 4.78 is 0. The van der Waals surface area contributed by atoms with Crippen molar-refractivity contribution in [2.45, 2.75) is 26.8 Å². The minimum absolute atomic E-state index is 0.0534. The van der Waals surface area contributed by atoms with Gasteiger partial charge in [0, 0.05) is 22.2 Å². The first kappa shape index (κ1) is 21.9. The maximum atomic E-state index is 13.1. The molecule has 0 fully saturated rings. The van der Waals surface area contributed by atoms with E-state index in [2.05, 4.69) is 27.8 Å². The number of aryl methyl sites for hydroxylation is 1. The first-order valence-corrected chi connectivity index (χ1v) is 11.9. The van der Waals surface area contributed by atoms with E-state index in [0.29, 0.717) is 23.7 Å². The van der Waals surface area contributed by atoms with Gasteiger partial charge in [-0.3, -0.25) is 14.9 Å². The fourth-order valence-corrected chi connectivity index (χ4v) is 5.25. The van der Waals surface area contributed by atoms with Crippen molar-refractivity contribution in [2.75, 3.05) is 5.32 Å². The molecular formula is C25H23N3O2S2. The Kier molecular flexibility index (Phi) is 6.78. The molecule has 32 heavy (non-hydrogen) atoms. The lowest BCUT2D eigenvalue weighted by Crippen LogP contribution is -2.17.